The first-order chi connectivity index (χ1) is 9.58. The minimum Gasteiger partial charge on any atom is -0.485 e. The van der Waals surface area contributed by atoms with E-state index in [1.807, 2.05) is 12.1 Å². The van der Waals surface area contributed by atoms with Crippen molar-refractivity contribution in [2.24, 2.45) is 0 Å². The number of carboxylic acids is 1. The van der Waals surface area contributed by atoms with Crippen molar-refractivity contribution in [3.8, 4) is 5.75 Å². The van der Waals surface area contributed by atoms with Gasteiger partial charge >= 0.3 is 5.97 Å². The van der Waals surface area contributed by atoms with Gasteiger partial charge in [-0.3, -0.25) is 4.79 Å². The molecule has 0 radical (unpaired) electrons. The second-order valence-corrected chi connectivity index (χ2v) is 4.69. The molecule has 0 aliphatic rings. The fourth-order valence-electron chi connectivity index (χ4n) is 1.86. The Hall–Kier alpha value is -2.20. The molecule has 0 aliphatic carbocycles. The van der Waals surface area contributed by atoms with E-state index in [1.165, 1.54) is 0 Å². The van der Waals surface area contributed by atoms with Crippen LogP contribution in [0.25, 0.3) is 0 Å². The fraction of sp³-hybridized carbons (Fsp3) is 0.133. The largest absolute Gasteiger partial charge is 0.485 e. The number of carbonyl (C=O) groups is 1. The summed E-state index contributed by atoms with van der Waals surface area (Å²) in [7, 11) is 0. The van der Waals surface area contributed by atoms with E-state index in [0.29, 0.717) is 22.0 Å². The minimum atomic E-state index is -0.880. The van der Waals surface area contributed by atoms with E-state index in [1.54, 1.807) is 30.3 Å². The Bertz CT molecular complexity index is 608. The number of benzene rings is 2. The van der Waals surface area contributed by atoms with E-state index >= 15 is 0 Å². The van der Waals surface area contributed by atoms with Crippen LogP contribution in [0.2, 0.25) is 5.02 Å². The first-order valence-electron chi connectivity index (χ1n) is 6.03. The molecule has 0 atom stereocenters. The van der Waals surface area contributed by atoms with Gasteiger partial charge in [-0.05, 0) is 23.3 Å². The Morgan fingerprint density at radius 3 is 2.50 bits per heavy atom. The number of hydrogen-bond acceptors (Lipinski definition) is 3. The van der Waals surface area contributed by atoms with E-state index < -0.39 is 5.97 Å². The van der Waals surface area contributed by atoms with Crippen molar-refractivity contribution >= 4 is 23.3 Å². The van der Waals surface area contributed by atoms with E-state index in [2.05, 4.69) is 0 Å². The van der Waals surface area contributed by atoms with E-state index in [-0.39, 0.29) is 13.0 Å². The predicted molar refractivity (Wildman–Crippen MR) is 78.0 cm³/mol. The number of nitrogen functional groups attached to an aromatic ring is 1. The Kier molecular flexibility index (Phi) is 4.48. The highest BCUT2D eigenvalue weighted by Gasteiger charge is 2.09. The normalized spacial score (nSPS) is 10.2. The monoisotopic (exact) mass is 291 g/mol. The molecule has 20 heavy (non-hydrogen) atoms. The van der Waals surface area contributed by atoms with Crippen LogP contribution < -0.4 is 10.5 Å². The van der Waals surface area contributed by atoms with Crippen LogP contribution in [0.4, 0.5) is 5.69 Å². The van der Waals surface area contributed by atoms with Gasteiger partial charge in [0.25, 0.3) is 0 Å². The third-order valence-corrected chi connectivity index (χ3v) is 3.13. The van der Waals surface area contributed by atoms with Gasteiger partial charge in [0.2, 0.25) is 0 Å². The van der Waals surface area contributed by atoms with Gasteiger partial charge in [-0.2, -0.15) is 0 Å². The molecule has 3 N–H and O–H groups in total. The summed E-state index contributed by atoms with van der Waals surface area (Å²) in [4.78, 5) is 10.8. The van der Waals surface area contributed by atoms with Crippen molar-refractivity contribution in [2.45, 2.75) is 13.0 Å². The number of hydrogen-bond donors (Lipinski definition) is 2. The highest BCUT2D eigenvalue weighted by atomic mass is 35.5. The van der Waals surface area contributed by atoms with Crippen LogP contribution >= 0.6 is 11.6 Å². The number of rotatable bonds is 5. The van der Waals surface area contributed by atoms with Gasteiger partial charge in [0.15, 0.2) is 5.75 Å². The summed E-state index contributed by atoms with van der Waals surface area (Å²) < 4.78 is 5.63. The van der Waals surface area contributed by atoms with Gasteiger partial charge in [-0.1, -0.05) is 41.9 Å². The number of anilines is 1. The van der Waals surface area contributed by atoms with Crippen LogP contribution in [0.1, 0.15) is 11.1 Å². The van der Waals surface area contributed by atoms with Crippen molar-refractivity contribution in [3.63, 3.8) is 0 Å². The molecule has 0 heterocycles. The zero-order valence-corrected chi connectivity index (χ0v) is 11.4. The number of ether oxygens (including phenoxy) is 1. The maximum Gasteiger partial charge on any atom is 0.307 e. The SMILES string of the molecule is Nc1cccc(Cl)c1OCc1ccccc1CC(=O)O. The number of carboxylic acid groups (broad SMARTS) is 1. The second kappa shape index (κ2) is 6.30. The Morgan fingerprint density at radius 1 is 1.15 bits per heavy atom. The molecule has 0 saturated carbocycles. The highest BCUT2D eigenvalue weighted by Crippen LogP contribution is 2.31. The van der Waals surface area contributed by atoms with E-state index in [0.717, 1.165) is 5.56 Å². The summed E-state index contributed by atoms with van der Waals surface area (Å²) in [6.45, 7) is 0.220. The number of aliphatic carboxylic acids is 1. The van der Waals surface area contributed by atoms with Crippen molar-refractivity contribution in [2.75, 3.05) is 5.73 Å². The van der Waals surface area contributed by atoms with Crippen LogP contribution in [-0.4, -0.2) is 11.1 Å². The molecule has 5 heteroatoms. The molecular formula is C15H14ClNO3. The first kappa shape index (κ1) is 14.2. The van der Waals surface area contributed by atoms with Gasteiger partial charge in [0.1, 0.15) is 6.61 Å². The Morgan fingerprint density at radius 2 is 1.85 bits per heavy atom. The van der Waals surface area contributed by atoms with Crippen LogP contribution in [0.15, 0.2) is 42.5 Å². The lowest BCUT2D eigenvalue weighted by Crippen LogP contribution is -2.06. The molecule has 0 spiro atoms. The summed E-state index contributed by atoms with van der Waals surface area (Å²) in [5.41, 5.74) is 7.77. The average molecular weight is 292 g/mol. The van der Waals surface area contributed by atoms with Crippen molar-refractivity contribution in [1.82, 2.24) is 0 Å². The maximum atomic E-state index is 10.8. The lowest BCUT2D eigenvalue weighted by molar-refractivity contribution is -0.136. The lowest BCUT2D eigenvalue weighted by atomic mass is 10.1. The molecule has 0 fully saturated rings. The van der Waals surface area contributed by atoms with Gasteiger partial charge in [-0.15, -0.1) is 0 Å². The quantitative estimate of drug-likeness (QED) is 0.830. The molecule has 0 bridgehead atoms. The van der Waals surface area contributed by atoms with Crippen LogP contribution in [-0.2, 0) is 17.8 Å². The molecule has 2 rings (SSSR count). The Labute approximate surface area is 121 Å². The molecular weight excluding hydrogens is 278 g/mol. The predicted octanol–water partition coefficient (Wildman–Crippen LogP) is 3.13. The number of halogens is 1. The molecule has 2 aromatic rings. The molecule has 0 saturated heterocycles. The van der Waals surface area contributed by atoms with Crippen molar-refractivity contribution in [3.05, 3.63) is 58.6 Å². The second-order valence-electron chi connectivity index (χ2n) is 4.29. The summed E-state index contributed by atoms with van der Waals surface area (Å²) in [6, 6.07) is 12.4. The number of para-hydroxylation sites is 1. The molecule has 2 aromatic carbocycles. The molecule has 0 amide bonds. The van der Waals surface area contributed by atoms with Gasteiger partial charge in [0.05, 0.1) is 17.1 Å². The van der Waals surface area contributed by atoms with Crippen LogP contribution in [0, 0.1) is 0 Å². The molecule has 0 aliphatic heterocycles. The van der Waals surface area contributed by atoms with E-state index in [4.69, 9.17) is 27.2 Å². The lowest BCUT2D eigenvalue weighted by Gasteiger charge is -2.12. The summed E-state index contributed by atoms with van der Waals surface area (Å²) >= 11 is 6.02. The topological polar surface area (TPSA) is 72.5 Å². The average Bonchev–Trinajstić information content (AvgIpc) is 2.39. The summed E-state index contributed by atoms with van der Waals surface area (Å²) in [5, 5.41) is 9.31. The Balaban J connectivity index is 2.17. The zero-order chi connectivity index (χ0) is 14.5. The van der Waals surface area contributed by atoms with Crippen LogP contribution in [0.3, 0.4) is 0 Å². The van der Waals surface area contributed by atoms with Gasteiger partial charge in [0, 0.05) is 0 Å². The smallest absolute Gasteiger partial charge is 0.307 e. The molecule has 0 aromatic heterocycles. The van der Waals surface area contributed by atoms with E-state index in [9.17, 15) is 4.79 Å². The summed E-state index contributed by atoms with van der Waals surface area (Å²) in [5.74, 6) is -0.464. The fourth-order valence-corrected chi connectivity index (χ4v) is 2.10. The molecule has 4 nitrogen and oxygen atoms in total. The minimum absolute atomic E-state index is 0.0441. The maximum absolute atomic E-state index is 10.8. The molecule has 0 unspecified atom stereocenters. The van der Waals surface area contributed by atoms with Crippen molar-refractivity contribution < 1.29 is 14.6 Å². The van der Waals surface area contributed by atoms with Gasteiger partial charge < -0.3 is 15.6 Å². The summed E-state index contributed by atoms with van der Waals surface area (Å²) in [6.07, 6.45) is -0.0441. The standard InChI is InChI=1S/C15H14ClNO3/c16-12-6-3-7-13(17)15(12)20-9-11-5-2-1-4-10(11)8-14(18)19/h1-7H,8-9,17H2,(H,18,19). The highest BCUT2D eigenvalue weighted by molar-refractivity contribution is 6.32. The van der Waals surface area contributed by atoms with Crippen molar-refractivity contribution in [1.29, 1.82) is 0 Å². The third-order valence-electron chi connectivity index (χ3n) is 2.83. The third kappa shape index (κ3) is 3.42. The van der Waals surface area contributed by atoms with Crippen LogP contribution in [0.5, 0.6) is 5.75 Å². The first-order valence-corrected chi connectivity index (χ1v) is 6.41. The number of nitrogens with two attached hydrogens (primary N) is 1. The zero-order valence-electron chi connectivity index (χ0n) is 10.7. The molecule has 104 valence electrons. The van der Waals surface area contributed by atoms with Gasteiger partial charge in [-0.25, -0.2) is 0 Å².